The second-order valence-corrected chi connectivity index (χ2v) is 6.24. The van der Waals surface area contributed by atoms with Crippen LogP contribution in [0.25, 0.3) is 11.3 Å². The van der Waals surface area contributed by atoms with Crippen LogP contribution in [-0.2, 0) is 6.54 Å². The van der Waals surface area contributed by atoms with E-state index in [1.807, 2.05) is 49.6 Å². The predicted octanol–water partition coefficient (Wildman–Crippen LogP) is 1.69. The van der Waals surface area contributed by atoms with Crippen molar-refractivity contribution in [3.63, 3.8) is 0 Å². The fourth-order valence-corrected chi connectivity index (χ4v) is 3.46. The fourth-order valence-electron chi connectivity index (χ4n) is 2.46. The zero-order valence-corrected chi connectivity index (χ0v) is 16.3. The average molecular weight is 419 g/mol. The van der Waals surface area contributed by atoms with Gasteiger partial charge in [0.05, 0.1) is 16.3 Å². The summed E-state index contributed by atoms with van der Waals surface area (Å²) < 4.78 is 2.07. The van der Waals surface area contributed by atoms with Gasteiger partial charge in [-0.1, -0.05) is 29.8 Å². The number of thiazole rings is 1. The van der Waals surface area contributed by atoms with Crippen LogP contribution in [0.2, 0.25) is 0 Å². The largest absolute Gasteiger partial charge is 1.00 e. The summed E-state index contributed by atoms with van der Waals surface area (Å²) in [5, 5.41) is 13.0. The van der Waals surface area contributed by atoms with Gasteiger partial charge < -0.3 is 21.5 Å². The van der Waals surface area contributed by atoms with Crippen molar-refractivity contribution in [2.24, 2.45) is 4.99 Å². The summed E-state index contributed by atoms with van der Waals surface area (Å²) in [5.41, 5.74) is 3.96. The van der Waals surface area contributed by atoms with Crippen LogP contribution in [-0.4, -0.2) is 9.49 Å². The van der Waals surface area contributed by atoms with E-state index in [2.05, 4.69) is 4.57 Å². The zero-order valence-electron chi connectivity index (χ0n) is 13.8. The van der Waals surface area contributed by atoms with Gasteiger partial charge in [-0.3, -0.25) is 10.1 Å². The summed E-state index contributed by atoms with van der Waals surface area (Å²) >= 11 is 1.54. The molecule has 0 bridgehead atoms. The first-order valence-electron chi connectivity index (χ1n) is 7.63. The highest BCUT2D eigenvalue weighted by molar-refractivity contribution is 7.07. The summed E-state index contributed by atoms with van der Waals surface area (Å²) in [6.45, 7) is 4.83. The molecule has 0 N–H and O–H groups in total. The maximum Gasteiger partial charge on any atom is 0.270 e. The van der Waals surface area contributed by atoms with Gasteiger partial charge in [0.15, 0.2) is 4.80 Å². The van der Waals surface area contributed by atoms with Crippen molar-refractivity contribution >= 4 is 22.7 Å². The average Bonchev–Trinajstić information content (AvgIpc) is 2.99. The quantitative estimate of drug-likeness (QED) is 0.478. The minimum absolute atomic E-state index is 0. The first-order valence-corrected chi connectivity index (χ1v) is 8.51. The second kappa shape index (κ2) is 8.22. The Morgan fingerprint density at radius 2 is 1.92 bits per heavy atom. The smallest absolute Gasteiger partial charge is 0.270 e. The van der Waals surface area contributed by atoms with Crippen LogP contribution in [0.3, 0.4) is 0 Å². The molecule has 3 rings (SSSR count). The van der Waals surface area contributed by atoms with Crippen LogP contribution >= 0.6 is 11.3 Å². The van der Waals surface area contributed by atoms with E-state index in [-0.39, 0.29) is 27.6 Å². The Morgan fingerprint density at radius 1 is 1.20 bits per heavy atom. The highest BCUT2D eigenvalue weighted by atomic mass is 79.9. The third-order valence-electron chi connectivity index (χ3n) is 3.73. The number of nitro groups is 1. The molecule has 0 radical (unpaired) electrons. The van der Waals surface area contributed by atoms with Crippen molar-refractivity contribution in [2.75, 3.05) is 0 Å². The van der Waals surface area contributed by atoms with Crippen molar-refractivity contribution in [3.8, 4) is 11.3 Å². The molecular formula is C18H17BrN3O2S-. The third-order valence-corrected chi connectivity index (χ3v) is 4.59. The Morgan fingerprint density at radius 3 is 2.56 bits per heavy atom. The van der Waals surface area contributed by atoms with Crippen molar-refractivity contribution in [1.29, 1.82) is 0 Å². The van der Waals surface area contributed by atoms with Crippen LogP contribution in [0.4, 0.5) is 11.4 Å². The van der Waals surface area contributed by atoms with Crippen LogP contribution in [0.1, 0.15) is 12.5 Å². The summed E-state index contributed by atoms with van der Waals surface area (Å²) in [6, 6.07) is 14.7. The monoisotopic (exact) mass is 418 g/mol. The fraction of sp³-hybridized carbons (Fsp3) is 0.167. The van der Waals surface area contributed by atoms with Gasteiger partial charge in [0.2, 0.25) is 0 Å². The molecule has 3 aromatic rings. The summed E-state index contributed by atoms with van der Waals surface area (Å²) in [5.74, 6) is 0. The number of hydrogen-bond donors (Lipinski definition) is 0. The lowest BCUT2D eigenvalue weighted by molar-refractivity contribution is -0.384. The molecule has 0 spiro atoms. The summed E-state index contributed by atoms with van der Waals surface area (Å²) in [4.78, 5) is 16.2. The molecule has 7 heteroatoms. The molecule has 2 aromatic carbocycles. The van der Waals surface area contributed by atoms with Crippen LogP contribution < -0.4 is 21.8 Å². The van der Waals surface area contributed by atoms with E-state index in [0.717, 1.165) is 28.3 Å². The molecule has 0 aliphatic rings. The topological polar surface area (TPSA) is 60.4 Å². The molecule has 0 unspecified atom stereocenters. The molecule has 5 nitrogen and oxygen atoms in total. The minimum Gasteiger partial charge on any atom is -1.00 e. The van der Waals surface area contributed by atoms with Crippen molar-refractivity contribution in [3.05, 3.63) is 74.4 Å². The Bertz CT molecular complexity index is 945. The van der Waals surface area contributed by atoms with E-state index in [1.54, 1.807) is 12.1 Å². The van der Waals surface area contributed by atoms with Gasteiger partial charge in [-0.2, -0.15) is 0 Å². The third kappa shape index (κ3) is 4.24. The number of benzene rings is 2. The van der Waals surface area contributed by atoms with E-state index in [0.29, 0.717) is 0 Å². The van der Waals surface area contributed by atoms with Gasteiger partial charge >= 0.3 is 0 Å². The Hall–Kier alpha value is -2.25. The maximum absolute atomic E-state index is 11.0. The molecule has 25 heavy (non-hydrogen) atoms. The standard InChI is InChI=1S/C18H17N3O2S.BrH/c1-3-20-17(14-5-4-6-16(11-14)21(22)23)12-24-18(20)19-15-9-7-13(2)8-10-15;/h4-12H,3H2,1-2H3;1H/p-1. The minimum atomic E-state index is -0.371. The van der Waals surface area contributed by atoms with E-state index >= 15 is 0 Å². The lowest BCUT2D eigenvalue weighted by Crippen LogP contribution is -3.00. The van der Waals surface area contributed by atoms with Gasteiger partial charge in [0.25, 0.3) is 5.69 Å². The lowest BCUT2D eigenvalue weighted by Gasteiger charge is -2.06. The zero-order chi connectivity index (χ0) is 17.1. The predicted molar refractivity (Wildman–Crippen MR) is 96.5 cm³/mol. The van der Waals surface area contributed by atoms with Crippen molar-refractivity contribution < 1.29 is 21.9 Å². The molecule has 0 saturated heterocycles. The summed E-state index contributed by atoms with van der Waals surface area (Å²) in [7, 11) is 0. The summed E-state index contributed by atoms with van der Waals surface area (Å²) in [6.07, 6.45) is 0. The Labute approximate surface area is 160 Å². The van der Waals surface area contributed by atoms with Crippen LogP contribution in [0.15, 0.2) is 58.9 Å². The molecule has 0 amide bonds. The van der Waals surface area contributed by atoms with E-state index in [4.69, 9.17) is 4.99 Å². The van der Waals surface area contributed by atoms with Gasteiger partial charge in [0.1, 0.15) is 0 Å². The Kier molecular flexibility index (Phi) is 6.27. The molecular weight excluding hydrogens is 402 g/mol. The molecule has 1 heterocycles. The molecule has 0 aliphatic carbocycles. The maximum atomic E-state index is 11.0. The first-order chi connectivity index (χ1) is 11.6. The molecule has 130 valence electrons. The van der Waals surface area contributed by atoms with Crippen molar-refractivity contribution in [1.82, 2.24) is 4.57 Å². The lowest BCUT2D eigenvalue weighted by atomic mass is 10.1. The highest BCUT2D eigenvalue weighted by Crippen LogP contribution is 2.24. The van der Waals surface area contributed by atoms with Crippen molar-refractivity contribution in [2.45, 2.75) is 20.4 Å². The van der Waals surface area contributed by atoms with Gasteiger partial charge in [-0.05, 0) is 26.0 Å². The van der Waals surface area contributed by atoms with Gasteiger partial charge in [-0.25, -0.2) is 4.99 Å². The van der Waals surface area contributed by atoms with Gasteiger partial charge in [-0.15, -0.1) is 11.3 Å². The normalized spacial score (nSPS) is 11.2. The SMILES string of the molecule is CCn1c(-c2cccc([N+](=O)[O-])c2)csc1=Nc1ccc(C)cc1.[Br-]. The number of halogens is 1. The van der Waals surface area contributed by atoms with Gasteiger partial charge in [0, 0.05) is 29.6 Å². The molecule has 0 saturated carbocycles. The highest BCUT2D eigenvalue weighted by Gasteiger charge is 2.11. The van der Waals surface area contributed by atoms with E-state index in [9.17, 15) is 10.1 Å². The van der Waals surface area contributed by atoms with E-state index in [1.165, 1.54) is 23.0 Å². The first kappa shape index (κ1) is 19.1. The number of rotatable bonds is 4. The number of aromatic nitrogens is 1. The number of aryl methyl sites for hydroxylation is 1. The molecule has 0 atom stereocenters. The van der Waals surface area contributed by atoms with Crippen LogP contribution in [0, 0.1) is 17.0 Å². The van der Waals surface area contributed by atoms with Crippen LogP contribution in [0.5, 0.6) is 0 Å². The Balaban J connectivity index is 0.00000225. The second-order valence-electron chi connectivity index (χ2n) is 5.40. The molecule has 0 aliphatic heterocycles. The number of non-ortho nitro benzene ring substituents is 1. The number of nitrogens with zero attached hydrogens (tertiary/aromatic N) is 3. The molecule has 0 fully saturated rings. The van der Waals surface area contributed by atoms with E-state index < -0.39 is 0 Å². The number of hydrogen-bond acceptors (Lipinski definition) is 4. The number of nitro benzene ring substituents is 1. The molecule has 1 aromatic heterocycles.